The van der Waals surface area contributed by atoms with Crippen molar-refractivity contribution >= 4 is 55.7 Å². The minimum absolute atomic E-state index is 0. The summed E-state index contributed by atoms with van der Waals surface area (Å²) in [7, 11) is 0. The summed E-state index contributed by atoms with van der Waals surface area (Å²) in [6.45, 7) is 12.7. The van der Waals surface area contributed by atoms with Crippen LogP contribution in [0, 0.1) is 41.5 Å². The second-order valence-corrected chi connectivity index (χ2v) is 18.7. The van der Waals surface area contributed by atoms with Crippen LogP contribution < -0.4 is 9.97 Å². The first-order valence-corrected chi connectivity index (χ1v) is 22.6. The van der Waals surface area contributed by atoms with Crippen molar-refractivity contribution in [2.24, 2.45) is 9.98 Å². The molecule has 2 aromatic heterocycles. The molecule has 0 radical (unpaired) electrons. The number of Topliss-reactive ketones (excluding diaryl/α,β-unsaturated/α-hetero) is 2. The number of fused-ring (bicyclic) bond motifs is 12. The summed E-state index contributed by atoms with van der Waals surface area (Å²) in [4.78, 5) is 53.8. The maximum atomic E-state index is 15.7. The van der Waals surface area contributed by atoms with E-state index in [-0.39, 0.29) is 31.0 Å². The van der Waals surface area contributed by atoms with Crippen LogP contribution in [-0.2, 0) is 30.3 Å². The van der Waals surface area contributed by atoms with Crippen molar-refractivity contribution in [3.05, 3.63) is 247 Å². The monoisotopic (exact) mass is 914 g/mol. The zero-order valence-corrected chi connectivity index (χ0v) is 41.1. The van der Waals surface area contributed by atoms with Gasteiger partial charge in [-0.15, -0.1) is 22.8 Å². The molecule has 2 aliphatic carbocycles. The molecular formula is C60H42N4O2Zn. The standard InChI is InChI=1S/C60H42N4O2.Zn/c1-31-27-33(3)51(34(4)28-31)55-43-19-23-47(61-43)59(41-17-9-13-37-11-7-15-39(53(37)41)57(59)65)49-25-21-45(63-49)56(52-35(5)29-32(2)30-36(52)6)46-22-26-50(64-46)60(48-24-20-44(55)62-48)42-18-10-14-38-12-8-16-40(54(38)42)58(60)66;/h7-30H,1-6H3;/q-2;+2/t59-,60-;. The molecule has 6 aromatic carbocycles. The average Bonchev–Trinajstić information content (AvgIpc) is 4.17. The summed E-state index contributed by atoms with van der Waals surface area (Å²) in [5, 5.41) is 3.83. The molecule has 7 heteroatoms. The molecule has 0 amide bonds. The van der Waals surface area contributed by atoms with Gasteiger partial charge in [-0.2, -0.15) is 0 Å². The van der Waals surface area contributed by atoms with E-state index in [0.717, 1.165) is 88.3 Å². The molecule has 2 spiro atoms. The van der Waals surface area contributed by atoms with Gasteiger partial charge in [-0.05, 0) is 143 Å². The third-order valence-electron chi connectivity index (χ3n) is 14.8. The minimum Gasteiger partial charge on any atom is -0.659 e. The second kappa shape index (κ2) is 14.3. The van der Waals surface area contributed by atoms with Crippen LogP contribution in [0.1, 0.15) is 99.1 Å². The van der Waals surface area contributed by atoms with E-state index in [1.807, 2.05) is 85.0 Å². The number of aryl methyl sites for hydroxylation is 6. The van der Waals surface area contributed by atoms with Gasteiger partial charge in [-0.3, -0.25) is 19.6 Å². The van der Waals surface area contributed by atoms with Gasteiger partial charge >= 0.3 is 19.5 Å². The molecule has 2 atom stereocenters. The van der Waals surface area contributed by atoms with Crippen molar-refractivity contribution in [2.75, 3.05) is 0 Å². The molecule has 3 aliphatic heterocycles. The molecule has 0 N–H and O–H groups in total. The van der Waals surface area contributed by atoms with E-state index < -0.39 is 10.8 Å². The van der Waals surface area contributed by atoms with E-state index in [4.69, 9.17) is 20.0 Å². The quantitative estimate of drug-likeness (QED) is 0.162. The largest absolute Gasteiger partial charge is 2.00 e. The van der Waals surface area contributed by atoms with Crippen LogP contribution in [-0.4, -0.2) is 23.0 Å². The van der Waals surface area contributed by atoms with Gasteiger partial charge in [0.1, 0.15) is 10.8 Å². The number of hydrogen-bond donors (Lipinski definition) is 0. The fraction of sp³-hybridized carbons (Fsp3) is 0.133. The molecule has 67 heavy (non-hydrogen) atoms. The van der Waals surface area contributed by atoms with Crippen LogP contribution in [0.4, 0.5) is 0 Å². The zero-order chi connectivity index (χ0) is 45.0. The van der Waals surface area contributed by atoms with Crippen molar-refractivity contribution in [3.8, 4) is 0 Å². The Labute approximate surface area is 401 Å². The Morgan fingerprint density at radius 1 is 0.448 bits per heavy atom. The Bertz CT molecular complexity index is 3520. The van der Waals surface area contributed by atoms with Crippen LogP contribution >= 0.6 is 0 Å². The number of nitrogens with zero attached hydrogens (tertiary/aromatic N) is 4. The number of hydrogen-bond acceptors (Lipinski definition) is 4. The van der Waals surface area contributed by atoms with Crippen LogP contribution in [0.15, 0.2) is 167 Å². The van der Waals surface area contributed by atoms with Crippen molar-refractivity contribution in [3.63, 3.8) is 0 Å². The Morgan fingerprint density at radius 3 is 1.21 bits per heavy atom. The first-order chi connectivity index (χ1) is 32.0. The van der Waals surface area contributed by atoms with Crippen LogP contribution in [0.3, 0.4) is 0 Å². The molecular weight excluding hydrogens is 874 g/mol. The number of aromatic nitrogens is 2. The predicted octanol–water partition coefficient (Wildman–Crippen LogP) is 12.0. The molecule has 0 saturated heterocycles. The molecule has 13 rings (SSSR count). The summed E-state index contributed by atoms with van der Waals surface area (Å²) < 4.78 is 0. The average molecular weight is 916 g/mol. The Kier molecular flexibility index (Phi) is 8.80. The fourth-order valence-corrected chi connectivity index (χ4v) is 12.4. The third kappa shape index (κ3) is 5.29. The molecule has 0 fully saturated rings. The molecule has 8 aromatic rings. The molecule has 0 saturated carbocycles. The van der Waals surface area contributed by atoms with E-state index in [1.165, 1.54) is 0 Å². The predicted molar refractivity (Wildman–Crippen MR) is 264 cm³/mol. The number of allylic oxidation sites excluding steroid dienone is 4. The van der Waals surface area contributed by atoms with E-state index in [0.29, 0.717) is 56.7 Å². The van der Waals surface area contributed by atoms with Crippen molar-refractivity contribution in [1.29, 1.82) is 0 Å². The number of ketones is 2. The van der Waals surface area contributed by atoms with Crippen molar-refractivity contribution < 1.29 is 29.1 Å². The summed E-state index contributed by atoms with van der Waals surface area (Å²) in [5.74, 6) is -0.118. The van der Waals surface area contributed by atoms with Crippen LogP contribution in [0.5, 0.6) is 0 Å². The molecule has 316 valence electrons. The van der Waals surface area contributed by atoms with Gasteiger partial charge in [-0.25, -0.2) is 0 Å². The SMILES string of the molecule is Cc1cc(C)c(/C2=C3\C=CC(=N3)[C@]3(C(=O)c4cccc5cccc3c45)c3ccc([n-]3)/C(c3c(C)cc(C)cc3C)=C3/C=CC(=N3)[C@@]3(C(=O)c4cccc5cccc3c45)c3ccc2[n-]3)c(C)c1.[Zn+2]. The molecule has 0 unspecified atom stereocenters. The third-order valence-corrected chi connectivity index (χ3v) is 14.8. The number of carbonyl (C=O) groups is 2. The fourth-order valence-electron chi connectivity index (χ4n) is 12.4. The molecule has 6 nitrogen and oxygen atoms in total. The number of rotatable bonds is 2. The van der Waals surface area contributed by atoms with Crippen LogP contribution in [0.2, 0.25) is 0 Å². The summed E-state index contributed by atoms with van der Waals surface area (Å²) in [5.41, 5.74) is 15.7. The second-order valence-electron chi connectivity index (χ2n) is 18.7. The molecule has 5 heterocycles. The van der Waals surface area contributed by atoms with Gasteiger partial charge in [-0.1, -0.05) is 132 Å². The summed E-state index contributed by atoms with van der Waals surface area (Å²) in [6.07, 6.45) is 8.09. The topological polar surface area (TPSA) is 87.1 Å². The Morgan fingerprint density at radius 2 is 0.821 bits per heavy atom. The van der Waals surface area contributed by atoms with Gasteiger partial charge < -0.3 is 9.97 Å². The molecule has 8 bridgehead atoms. The number of aliphatic imine (C=N–C) groups is 2. The number of benzene rings is 6. The normalized spacial score (nSPS) is 21.9. The van der Waals surface area contributed by atoms with Gasteiger partial charge in [0, 0.05) is 11.1 Å². The van der Waals surface area contributed by atoms with Gasteiger partial charge in [0.05, 0.1) is 22.8 Å². The zero-order valence-electron chi connectivity index (χ0n) is 38.2. The summed E-state index contributed by atoms with van der Waals surface area (Å²) in [6, 6.07) is 41.1. The Hall–Kier alpha value is -7.34. The first kappa shape index (κ1) is 41.1. The van der Waals surface area contributed by atoms with Gasteiger partial charge in [0.25, 0.3) is 0 Å². The first-order valence-electron chi connectivity index (χ1n) is 22.6. The smallest absolute Gasteiger partial charge is 0.659 e. The van der Waals surface area contributed by atoms with E-state index in [9.17, 15) is 0 Å². The van der Waals surface area contributed by atoms with Gasteiger partial charge in [0.2, 0.25) is 0 Å². The summed E-state index contributed by atoms with van der Waals surface area (Å²) >= 11 is 0. The van der Waals surface area contributed by atoms with Crippen LogP contribution in [0.25, 0.3) is 32.7 Å². The van der Waals surface area contributed by atoms with Crippen molar-refractivity contribution in [2.45, 2.75) is 52.4 Å². The minimum atomic E-state index is -1.36. The van der Waals surface area contributed by atoms with Crippen molar-refractivity contribution in [1.82, 2.24) is 9.97 Å². The van der Waals surface area contributed by atoms with Gasteiger partial charge in [0.15, 0.2) is 11.6 Å². The van der Waals surface area contributed by atoms with E-state index >= 15 is 9.59 Å². The Balaban J connectivity index is 0.00000468. The number of carbonyl (C=O) groups excluding carboxylic acids is 2. The maximum Gasteiger partial charge on any atom is 2.00 e. The maximum absolute atomic E-state index is 15.7. The van der Waals surface area contributed by atoms with E-state index in [1.54, 1.807) is 0 Å². The molecule has 5 aliphatic rings. The van der Waals surface area contributed by atoms with E-state index in [2.05, 4.69) is 102 Å².